The number of halogens is 1. The molecule has 0 atom stereocenters. The molecule has 0 unspecified atom stereocenters. The van der Waals surface area contributed by atoms with Crippen LogP contribution in [-0.4, -0.2) is 25.5 Å². The topological polar surface area (TPSA) is 46.6 Å². The minimum absolute atomic E-state index is 0.332. The molecular weight excluding hydrogens is 329 g/mol. The molecule has 0 N–H and O–H groups in total. The summed E-state index contributed by atoms with van der Waals surface area (Å²) in [5.74, 6) is -1.28. The van der Waals surface area contributed by atoms with Gasteiger partial charge in [0.2, 0.25) is 0 Å². The Morgan fingerprint density at radius 3 is 2.62 bits per heavy atom. The molecule has 0 radical (unpaired) electrons. The Morgan fingerprint density at radius 1 is 1.12 bits per heavy atom. The highest BCUT2D eigenvalue weighted by atomic mass is 32.1. The van der Waals surface area contributed by atoms with E-state index in [1.54, 1.807) is 31.3 Å². The first-order valence-electron chi connectivity index (χ1n) is 7.22. The van der Waals surface area contributed by atoms with Gasteiger partial charge in [0, 0.05) is 17.4 Å². The highest BCUT2D eigenvalue weighted by Gasteiger charge is 2.16. The minimum Gasteiger partial charge on any atom is -0.451 e. The number of benzene rings is 2. The highest BCUT2D eigenvalue weighted by molar-refractivity contribution is 7.20. The molecule has 0 fully saturated rings. The summed E-state index contributed by atoms with van der Waals surface area (Å²) in [6, 6.07) is 15.0. The first-order valence-corrected chi connectivity index (χ1v) is 8.04. The third-order valence-corrected chi connectivity index (χ3v) is 4.62. The van der Waals surface area contributed by atoms with Crippen LogP contribution in [0.2, 0.25) is 0 Å². The number of amides is 1. The fraction of sp³-hybridized carbons (Fsp3) is 0.111. The van der Waals surface area contributed by atoms with Crippen molar-refractivity contribution >= 4 is 39.0 Å². The molecule has 1 aromatic heterocycles. The van der Waals surface area contributed by atoms with Crippen molar-refractivity contribution in [3.05, 3.63) is 65.3 Å². The van der Waals surface area contributed by atoms with Crippen LogP contribution < -0.4 is 4.90 Å². The highest BCUT2D eigenvalue weighted by Crippen LogP contribution is 2.26. The molecule has 3 rings (SSSR count). The lowest BCUT2D eigenvalue weighted by Crippen LogP contribution is -2.30. The van der Waals surface area contributed by atoms with Gasteiger partial charge in [-0.15, -0.1) is 11.3 Å². The van der Waals surface area contributed by atoms with E-state index in [1.165, 1.54) is 28.4 Å². The Balaban J connectivity index is 1.65. The van der Waals surface area contributed by atoms with E-state index in [0.29, 0.717) is 10.3 Å². The first kappa shape index (κ1) is 16.1. The van der Waals surface area contributed by atoms with Crippen molar-refractivity contribution in [2.75, 3.05) is 18.6 Å². The molecule has 2 aromatic carbocycles. The van der Waals surface area contributed by atoms with Crippen molar-refractivity contribution in [3.8, 4) is 0 Å². The van der Waals surface area contributed by atoms with Crippen molar-refractivity contribution in [2.45, 2.75) is 0 Å². The smallest absolute Gasteiger partial charge is 0.348 e. The molecular formula is C18H14FNO3S. The Kier molecular flexibility index (Phi) is 4.57. The van der Waals surface area contributed by atoms with Gasteiger partial charge in [0.1, 0.15) is 10.7 Å². The van der Waals surface area contributed by atoms with Crippen molar-refractivity contribution in [1.82, 2.24) is 0 Å². The lowest BCUT2D eigenvalue weighted by molar-refractivity contribution is -0.121. The van der Waals surface area contributed by atoms with Gasteiger partial charge in [0.25, 0.3) is 5.91 Å². The fourth-order valence-corrected chi connectivity index (χ4v) is 3.14. The number of ether oxygens (including phenoxy) is 1. The van der Waals surface area contributed by atoms with E-state index in [9.17, 15) is 14.0 Å². The fourth-order valence-electron chi connectivity index (χ4n) is 2.21. The summed E-state index contributed by atoms with van der Waals surface area (Å²) in [4.78, 5) is 25.9. The number of hydrogen-bond donors (Lipinski definition) is 0. The van der Waals surface area contributed by atoms with Crippen LogP contribution in [0.25, 0.3) is 10.1 Å². The number of anilines is 1. The Labute approximate surface area is 142 Å². The second kappa shape index (κ2) is 6.80. The van der Waals surface area contributed by atoms with Gasteiger partial charge in [-0.3, -0.25) is 4.79 Å². The number of nitrogens with zero attached hydrogens (tertiary/aromatic N) is 1. The molecule has 122 valence electrons. The summed E-state index contributed by atoms with van der Waals surface area (Å²) in [6.45, 7) is -0.354. The van der Waals surface area contributed by atoms with Gasteiger partial charge in [0.15, 0.2) is 6.61 Å². The molecule has 0 bridgehead atoms. The maximum Gasteiger partial charge on any atom is 0.348 e. The number of hydrogen-bond acceptors (Lipinski definition) is 4. The van der Waals surface area contributed by atoms with Crippen LogP contribution in [0.3, 0.4) is 0 Å². The molecule has 0 aliphatic rings. The van der Waals surface area contributed by atoms with E-state index in [-0.39, 0.29) is 18.3 Å². The van der Waals surface area contributed by atoms with Crippen LogP contribution in [-0.2, 0) is 9.53 Å². The zero-order valence-electron chi connectivity index (χ0n) is 12.9. The van der Waals surface area contributed by atoms with Gasteiger partial charge in [-0.05, 0) is 41.8 Å². The summed E-state index contributed by atoms with van der Waals surface area (Å²) < 4.78 is 19.1. The summed E-state index contributed by atoms with van der Waals surface area (Å²) >= 11 is 1.20. The molecule has 0 aliphatic carbocycles. The number of likely N-dealkylation sites (N-methyl/N-ethyl adjacent to an activating group) is 1. The standard InChI is InChI=1S/C18H14FNO3S/c1-20(14-5-3-2-4-6-14)17(21)11-23-18(22)16-10-12-9-13(19)7-8-15(12)24-16/h2-10H,11H2,1H3. The molecule has 24 heavy (non-hydrogen) atoms. The molecule has 3 aromatic rings. The number of thiophene rings is 1. The number of para-hydroxylation sites is 1. The SMILES string of the molecule is CN(C(=O)COC(=O)c1cc2cc(F)ccc2s1)c1ccccc1. The van der Waals surface area contributed by atoms with E-state index in [2.05, 4.69) is 0 Å². The predicted molar refractivity (Wildman–Crippen MR) is 91.9 cm³/mol. The maximum atomic E-state index is 13.2. The van der Waals surface area contributed by atoms with Gasteiger partial charge in [0.05, 0.1) is 0 Å². The second-order valence-corrected chi connectivity index (χ2v) is 6.24. The Morgan fingerprint density at radius 2 is 1.88 bits per heavy atom. The Bertz CT molecular complexity index is 892. The van der Waals surface area contributed by atoms with Crippen LogP contribution in [0.4, 0.5) is 10.1 Å². The molecule has 1 heterocycles. The van der Waals surface area contributed by atoms with Crippen molar-refractivity contribution in [3.63, 3.8) is 0 Å². The van der Waals surface area contributed by atoms with Crippen molar-refractivity contribution < 1.29 is 18.7 Å². The number of rotatable bonds is 4. The lowest BCUT2D eigenvalue weighted by atomic mass is 10.2. The van der Waals surface area contributed by atoms with Gasteiger partial charge < -0.3 is 9.64 Å². The van der Waals surface area contributed by atoms with Crippen LogP contribution in [0, 0.1) is 5.82 Å². The minimum atomic E-state index is -0.591. The number of carbonyl (C=O) groups excluding carboxylic acids is 2. The maximum absolute atomic E-state index is 13.2. The molecule has 0 spiro atoms. The van der Waals surface area contributed by atoms with Crippen LogP contribution >= 0.6 is 11.3 Å². The van der Waals surface area contributed by atoms with Gasteiger partial charge in [-0.1, -0.05) is 18.2 Å². The van der Waals surface area contributed by atoms with E-state index < -0.39 is 5.97 Å². The zero-order valence-corrected chi connectivity index (χ0v) is 13.7. The Hall–Kier alpha value is -2.73. The normalized spacial score (nSPS) is 10.6. The van der Waals surface area contributed by atoms with E-state index >= 15 is 0 Å². The zero-order chi connectivity index (χ0) is 17.1. The van der Waals surface area contributed by atoms with Crippen molar-refractivity contribution in [2.24, 2.45) is 0 Å². The third kappa shape index (κ3) is 3.44. The number of esters is 1. The van der Waals surface area contributed by atoms with E-state index in [0.717, 1.165) is 10.4 Å². The summed E-state index contributed by atoms with van der Waals surface area (Å²) in [5.41, 5.74) is 0.718. The van der Waals surface area contributed by atoms with Crippen LogP contribution in [0.15, 0.2) is 54.6 Å². The molecule has 0 saturated heterocycles. The molecule has 0 saturated carbocycles. The van der Waals surface area contributed by atoms with Gasteiger partial charge >= 0.3 is 5.97 Å². The summed E-state index contributed by atoms with van der Waals surface area (Å²) in [7, 11) is 1.62. The van der Waals surface area contributed by atoms with Gasteiger partial charge in [-0.25, -0.2) is 9.18 Å². The third-order valence-electron chi connectivity index (χ3n) is 3.52. The predicted octanol–water partition coefficient (Wildman–Crippen LogP) is 3.86. The molecule has 6 heteroatoms. The number of fused-ring (bicyclic) bond motifs is 1. The quantitative estimate of drug-likeness (QED) is 0.676. The average molecular weight is 343 g/mol. The van der Waals surface area contributed by atoms with Crippen molar-refractivity contribution in [1.29, 1.82) is 0 Å². The first-order chi connectivity index (χ1) is 11.5. The van der Waals surface area contributed by atoms with E-state index in [1.807, 2.05) is 18.2 Å². The van der Waals surface area contributed by atoms with Gasteiger partial charge in [-0.2, -0.15) is 0 Å². The molecule has 1 amide bonds. The largest absolute Gasteiger partial charge is 0.451 e. The summed E-state index contributed by atoms with van der Waals surface area (Å²) in [6.07, 6.45) is 0. The van der Waals surface area contributed by atoms with Crippen LogP contribution in [0.1, 0.15) is 9.67 Å². The molecule has 4 nitrogen and oxygen atoms in total. The van der Waals surface area contributed by atoms with E-state index in [4.69, 9.17) is 4.74 Å². The second-order valence-electron chi connectivity index (χ2n) is 5.16. The lowest BCUT2D eigenvalue weighted by Gasteiger charge is -2.16. The monoisotopic (exact) mass is 343 g/mol. The average Bonchev–Trinajstić information content (AvgIpc) is 3.02. The molecule has 0 aliphatic heterocycles. The van der Waals surface area contributed by atoms with Crippen LogP contribution in [0.5, 0.6) is 0 Å². The number of carbonyl (C=O) groups is 2. The summed E-state index contributed by atoms with van der Waals surface area (Å²) in [5, 5.41) is 0.639.